The average molecular weight is 531 g/mol. The summed E-state index contributed by atoms with van der Waals surface area (Å²) in [5.41, 5.74) is 1.38. The fourth-order valence-electron chi connectivity index (χ4n) is 3.50. The summed E-state index contributed by atoms with van der Waals surface area (Å²) in [6, 6.07) is 9.16. The number of nitrogens with zero attached hydrogens (tertiary/aromatic N) is 4. The van der Waals surface area contributed by atoms with Crippen LogP contribution in [0, 0.1) is 6.92 Å². The molecule has 1 aliphatic carbocycles. The Morgan fingerprint density at radius 2 is 2.00 bits per heavy atom. The van der Waals surface area contributed by atoms with Crippen molar-refractivity contribution in [3.8, 4) is 0 Å². The van der Waals surface area contributed by atoms with E-state index in [1.54, 1.807) is 16.8 Å². The van der Waals surface area contributed by atoms with Crippen molar-refractivity contribution in [1.29, 1.82) is 0 Å². The largest absolute Gasteiger partial charge is 0.436 e. The van der Waals surface area contributed by atoms with E-state index in [9.17, 15) is 18.0 Å². The molecule has 170 valence electrons. The molecule has 1 saturated carbocycles. The maximum Gasteiger partial charge on any atom is 0.436 e. The monoisotopic (exact) mass is 529 g/mol. The normalized spacial score (nSPS) is 14.1. The van der Waals surface area contributed by atoms with Gasteiger partial charge in [0, 0.05) is 29.1 Å². The van der Waals surface area contributed by atoms with Gasteiger partial charge in [-0.05, 0) is 53.4 Å². The number of carbonyl (C=O) groups excluding carboxylic acids is 1. The SMILES string of the molecule is Cc1cc(NC(=O)CCn2nc(C(F)(F)F)c(Br)c2C2CC2)nn1Cc1cccc(Cl)c1. The molecule has 1 fully saturated rings. The quantitative estimate of drug-likeness (QED) is 0.421. The number of aromatic nitrogens is 4. The number of benzene rings is 1. The Kier molecular flexibility index (Phi) is 6.35. The summed E-state index contributed by atoms with van der Waals surface area (Å²) in [5, 5.41) is 11.5. The Morgan fingerprint density at radius 1 is 1.25 bits per heavy atom. The van der Waals surface area contributed by atoms with E-state index in [2.05, 4.69) is 31.4 Å². The molecule has 0 unspecified atom stereocenters. The number of hydrogen-bond donors (Lipinski definition) is 1. The first-order valence-corrected chi connectivity index (χ1v) is 11.2. The average Bonchev–Trinajstić information content (AvgIpc) is 3.39. The van der Waals surface area contributed by atoms with Gasteiger partial charge in [-0.1, -0.05) is 23.7 Å². The van der Waals surface area contributed by atoms with E-state index >= 15 is 0 Å². The molecule has 2 heterocycles. The molecule has 1 N–H and O–H groups in total. The zero-order valence-corrected chi connectivity index (χ0v) is 19.4. The molecule has 0 saturated heterocycles. The van der Waals surface area contributed by atoms with Crippen molar-refractivity contribution in [1.82, 2.24) is 19.6 Å². The van der Waals surface area contributed by atoms with Gasteiger partial charge in [-0.2, -0.15) is 23.4 Å². The van der Waals surface area contributed by atoms with Crippen LogP contribution < -0.4 is 5.32 Å². The fraction of sp³-hybridized carbons (Fsp3) is 0.381. The van der Waals surface area contributed by atoms with Crippen LogP contribution in [0.2, 0.25) is 5.02 Å². The van der Waals surface area contributed by atoms with Crippen LogP contribution in [0.3, 0.4) is 0 Å². The van der Waals surface area contributed by atoms with Gasteiger partial charge >= 0.3 is 6.18 Å². The number of alkyl halides is 3. The Hall–Kier alpha value is -2.33. The molecular weight excluding hydrogens is 511 g/mol. The van der Waals surface area contributed by atoms with Gasteiger partial charge in [0.15, 0.2) is 11.5 Å². The maximum absolute atomic E-state index is 13.2. The predicted molar refractivity (Wildman–Crippen MR) is 118 cm³/mol. The third-order valence-electron chi connectivity index (χ3n) is 5.18. The maximum atomic E-state index is 13.2. The Morgan fingerprint density at radius 3 is 2.66 bits per heavy atom. The van der Waals surface area contributed by atoms with Gasteiger partial charge in [0.05, 0.1) is 23.3 Å². The van der Waals surface area contributed by atoms with Gasteiger partial charge < -0.3 is 5.32 Å². The summed E-state index contributed by atoms with van der Waals surface area (Å²) in [7, 11) is 0. The van der Waals surface area contributed by atoms with E-state index in [0.717, 1.165) is 24.1 Å². The summed E-state index contributed by atoms with van der Waals surface area (Å²) >= 11 is 9.08. The number of nitrogens with one attached hydrogen (secondary N) is 1. The van der Waals surface area contributed by atoms with Crippen molar-refractivity contribution in [2.45, 2.75) is 51.4 Å². The molecule has 0 radical (unpaired) electrons. The summed E-state index contributed by atoms with van der Waals surface area (Å²) in [6.45, 7) is 2.41. The van der Waals surface area contributed by atoms with Crippen LogP contribution in [0.1, 0.15) is 47.8 Å². The highest BCUT2D eigenvalue weighted by molar-refractivity contribution is 9.10. The van der Waals surface area contributed by atoms with Crippen LogP contribution in [0.5, 0.6) is 0 Å². The standard InChI is InChI=1S/C21H20BrClF3N5O/c1-12-9-16(28-31(12)11-13-3-2-4-15(23)10-13)27-17(32)7-8-30-19(14-5-6-14)18(22)20(29-30)21(24,25)26/h2-4,9-10,14H,5-8,11H2,1H3,(H,27,28,32). The number of hydrogen-bond acceptors (Lipinski definition) is 3. The van der Waals surface area contributed by atoms with Crippen LogP contribution in [-0.4, -0.2) is 25.5 Å². The smallest absolute Gasteiger partial charge is 0.309 e. The highest BCUT2D eigenvalue weighted by Gasteiger charge is 2.41. The highest BCUT2D eigenvalue weighted by Crippen LogP contribution is 2.47. The van der Waals surface area contributed by atoms with Crippen molar-refractivity contribution in [2.75, 3.05) is 5.32 Å². The summed E-state index contributed by atoms with van der Waals surface area (Å²) in [5.74, 6) is 0.0785. The van der Waals surface area contributed by atoms with Crippen molar-refractivity contribution in [3.05, 3.63) is 62.5 Å². The Labute approximate surface area is 195 Å². The van der Waals surface area contributed by atoms with Gasteiger partial charge in [-0.25, -0.2) is 0 Å². The molecule has 0 bridgehead atoms. The van der Waals surface area contributed by atoms with E-state index in [-0.39, 0.29) is 29.3 Å². The number of halogens is 5. The van der Waals surface area contributed by atoms with Crippen molar-refractivity contribution in [3.63, 3.8) is 0 Å². The van der Waals surface area contributed by atoms with E-state index in [1.165, 1.54) is 4.68 Å². The van der Waals surface area contributed by atoms with Gasteiger partial charge in [0.2, 0.25) is 5.91 Å². The minimum Gasteiger partial charge on any atom is -0.309 e. The van der Waals surface area contributed by atoms with Crippen LogP contribution in [-0.2, 0) is 24.1 Å². The molecule has 4 rings (SSSR count). The molecule has 1 aromatic carbocycles. The lowest BCUT2D eigenvalue weighted by Gasteiger charge is -2.07. The van der Waals surface area contributed by atoms with E-state index in [4.69, 9.17) is 11.6 Å². The van der Waals surface area contributed by atoms with Crippen LogP contribution >= 0.6 is 27.5 Å². The number of carbonyl (C=O) groups is 1. The lowest BCUT2D eigenvalue weighted by Crippen LogP contribution is -2.17. The minimum atomic E-state index is -4.55. The third-order valence-corrected chi connectivity index (χ3v) is 6.20. The van der Waals surface area contributed by atoms with Gasteiger partial charge in [0.1, 0.15) is 0 Å². The first-order valence-electron chi connectivity index (χ1n) is 10.0. The molecule has 6 nitrogen and oxygen atoms in total. The van der Waals surface area contributed by atoms with Crippen molar-refractivity contribution >= 4 is 39.3 Å². The molecule has 11 heteroatoms. The second kappa shape index (κ2) is 8.90. The molecular formula is C21H20BrClF3N5O. The molecule has 32 heavy (non-hydrogen) atoms. The molecule has 0 aliphatic heterocycles. The fourth-order valence-corrected chi connectivity index (χ4v) is 4.55. The third kappa shape index (κ3) is 5.17. The highest BCUT2D eigenvalue weighted by atomic mass is 79.9. The van der Waals surface area contributed by atoms with Crippen LogP contribution in [0.25, 0.3) is 0 Å². The van der Waals surface area contributed by atoms with Gasteiger partial charge in [0.25, 0.3) is 0 Å². The summed E-state index contributed by atoms with van der Waals surface area (Å²) in [6.07, 6.45) is -2.94. The number of amides is 1. The number of rotatable bonds is 7. The summed E-state index contributed by atoms with van der Waals surface area (Å²) < 4.78 is 42.7. The molecule has 3 aromatic rings. The van der Waals surface area contributed by atoms with Crippen molar-refractivity contribution < 1.29 is 18.0 Å². The zero-order chi connectivity index (χ0) is 23.0. The number of anilines is 1. The second-order valence-electron chi connectivity index (χ2n) is 7.80. The zero-order valence-electron chi connectivity index (χ0n) is 17.1. The lowest BCUT2D eigenvalue weighted by molar-refractivity contribution is -0.142. The van der Waals surface area contributed by atoms with Crippen molar-refractivity contribution in [2.24, 2.45) is 0 Å². The Balaban J connectivity index is 1.41. The lowest BCUT2D eigenvalue weighted by atomic mass is 10.2. The predicted octanol–water partition coefficient (Wildman–Crippen LogP) is 5.78. The molecule has 2 aromatic heterocycles. The second-order valence-corrected chi connectivity index (χ2v) is 9.03. The molecule has 1 aliphatic rings. The molecule has 0 atom stereocenters. The first-order chi connectivity index (χ1) is 15.1. The molecule has 1 amide bonds. The van der Waals surface area contributed by atoms with Crippen LogP contribution in [0.15, 0.2) is 34.8 Å². The summed E-state index contributed by atoms with van der Waals surface area (Å²) in [4.78, 5) is 12.4. The van der Waals surface area contributed by atoms with E-state index < -0.39 is 11.9 Å². The van der Waals surface area contributed by atoms with Gasteiger partial charge in [-0.3, -0.25) is 14.2 Å². The molecule has 0 spiro atoms. The van der Waals surface area contributed by atoms with Crippen LogP contribution in [0.4, 0.5) is 19.0 Å². The Bertz CT molecular complexity index is 1150. The van der Waals surface area contributed by atoms with E-state index in [1.807, 2.05) is 25.1 Å². The topological polar surface area (TPSA) is 64.7 Å². The minimum absolute atomic E-state index is 0.0225. The first kappa shape index (κ1) is 22.8. The van der Waals surface area contributed by atoms with E-state index in [0.29, 0.717) is 23.1 Å². The van der Waals surface area contributed by atoms with Gasteiger partial charge in [-0.15, -0.1) is 0 Å². The number of aryl methyl sites for hydroxylation is 2.